The van der Waals surface area contributed by atoms with Crippen LogP contribution in [0.5, 0.6) is 0 Å². The predicted octanol–water partition coefficient (Wildman–Crippen LogP) is 2.42. The maximum atomic E-state index is 13.2. The van der Waals surface area contributed by atoms with E-state index in [0.717, 1.165) is 30.5 Å². The number of fused-ring (bicyclic) bond motifs is 3. The van der Waals surface area contributed by atoms with Crippen LogP contribution in [0.4, 0.5) is 10.1 Å². The molecule has 0 aromatic heterocycles. The summed E-state index contributed by atoms with van der Waals surface area (Å²) in [6.07, 6.45) is 5.71. The highest BCUT2D eigenvalue weighted by Gasteiger charge is 2.32. The lowest BCUT2D eigenvalue weighted by Gasteiger charge is -2.46. The zero-order valence-electron chi connectivity index (χ0n) is 9.32. The van der Waals surface area contributed by atoms with Crippen molar-refractivity contribution in [1.29, 1.82) is 0 Å². The average molecular weight is 220 g/mol. The average Bonchev–Trinajstić information content (AvgIpc) is 2.29. The maximum Gasteiger partial charge on any atom is 0.123 e. The first-order chi connectivity index (χ1) is 7.75. The van der Waals surface area contributed by atoms with Crippen molar-refractivity contribution in [1.82, 2.24) is 0 Å². The fraction of sp³-hybridized carbons (Fsp3) is 0.538. The predicted molar refractivity (Wildman–Crippen MR) is 62.8 cm³/mol. The fourth-order valence-corrected chi connectivity index (χ4v) is 3.10. The molecule has 0 amide bonds. The van der Waals surface area contributed by atoms with Crippen molar-refractivity contribution in [3.63, 3.8) is 0 Å². The summed E-state index contributed by atoms with van der Waals surface area (Å²) in [6.45, 7) is 0. The summed E-state index contributed by atoms with van der Waals surface area (Å²) in [5.41, 5.74) is 8.45. The Morgan fingerprint density at radius 3 is 3.00 bits per heavy atom. The summed E-state index contributed by atoms with van der Waals surface area (Å²) in [6, 6.07) is 5.67. The van der Waals surface area contributed by atoms with Crippen LogP contribution in [0.3, 0.4) is 0 Å². The van der Waals surface area contributed by atoms with Crippen LogP contribution in [0.25, 0.3) is 0 Å². The van der Waals surface area contributed by atoms with E-state index in [0.29, 0.717) is 6.04 Å². The van der Waals surface area contributed by atoms with Gasteiger partial charge in [0, 0.05) is 11.7 Å². The van der Waals surface area contributed by atoms with Crippen molar-refractivity contribution in [2.24, 2.45) is 5.73 Å². The number of benzene rings is 1. The smallest absolute Gasteiger partial charge is 0.123 e. The van der Waals surface area contributed by atoms with Gasteiger partial charge in [0.25, 0.3) is 0 Å². The zero-order chi connectivity index (χ0) is 11.1. The lowest BCUT2D eigenvalue weighted by molar-refractivity contribution is 0.360. The number of halogens is 1. The first-order valence-electron chi connectivity index (χ1n) is 6.08. The van der Waals surface area contributed by atoms with E-state index in [9.17, 15) is 4.39 Å². The van der Waals surface area contributed by atoms with Crippen LogP contribution in [0, 0.1) is 5.82 Å². The molecule has 3 heteroatoms. The van der Waals surface area contributed by atoms with Gasteiger partial charge >= 0.3 is 0 Å². The van der Waals surface area contributed by atoms with Crippen molar-refractivity contribution in [2.45, 2.75) is 44.3 Å². The lowest BCUT2D eigenvalue weighted by Crippen LogP contribution is -2.53. The van der Waals surface area contributed by atoms with E-state index in [-0.39, 0.29) is 12.0 Å². The Hall–Kier alpha value is -1.09. The number of hydrogen-bond donors (Lipinski definition) is 1. The van der Waals surface area contributed by atoms with E-state index < -0.39 is 0 Å². The van der Waals surface area contributed by atoms with Gasteiger partial charge in [0.05, 0.1) is 6.17 Å². The Bertz CT molecular complexity index is 405. The molecule has 2 atom stereocenters. The monoisotopic (exact) mass is 220 g/mol. The number of piperidine rings is 1. The molecule has 2 aliphatic rings. The van der Waals surface area contributed by atoms with Crippen molar-refractivity contribution >= 4 is 5.69 Å². The largest absolute Gasteiger partial charge is 0.353 e. The van der Waals surface area contributed by atoms with Gasteiger partial charge in [0.2, 0.25) is 0 Å². The standard InChI is InChI=1S/C13H17FN2/c14-10-5-7-12-9(8-10)4-6-11-2-1-3-13(15)16(11)12/h5,7-8,11,13H,1-4,6,15H2. The molecule has 2 N–H and O–H groups in total. The molecule has 2 heterocycles. The van der Waals surface area contributed by atoms with Crippen LogP contribution >= 0.6 is 0 Å². The molecule has 1 aromatic rings. The second-order valence-electron chi connectivity index (χ2n) is 4.87. The Kier molecular flexibility index (Phi) is 2.36. The molecule has 86 valence electrons. The molecule has 0 saturated carbocycles. The van der Waals surface area contributed by atoms with Crippen LogP contribution < -0.4 is 10.6 Å². The van der Waals surface area contributed by atoms with Crippen molar-refractivity contribution < 1.29 is 4.39 Å². The summed E-state index contributed by atoms with van der Waals surface area (Å²) >= 11 is 0. The zero-order valence-corrected chi connectivity index (χ0v) is 9.32. The van der Waals surface area contributed by atoms with Crippen LogP contribution in [0.1, 0.15) is 31.2 Å². The Balaban J connectivity index is 2.02. The first-order valence-corrected chi connectivity index (χ1v) is 6.08. The van der Waals surface area contributed by atoms with E-state index in [1.54, 1.807) is 12.1 Å². The number of nitrogens with zero attached hydrogens (tertiary/aromatic N) is 1. The number of nitrogens with two attached hydrogens (primary N) is 1. The molecule has 2 aliphatic heterocycles. The summed E-state index contributed by atoms with van der Waals surface area (Å²) in [5, 5.41) is 0. The van der Waals surface area contributed by atoms with Crippen LogP contribution in [-0.2, 0) is 6.42 Å². The van der Waals surface area contributed by atoms with Crippen LogP contribution in [0.2, 0.25) is 0 Å². The van der Waals surface area contributed by atoms with E-state index in [1.165, 1.54) is 12.8 Å². The summed E-state index contributed by atoms with van der Waals surface area (Å²) in [7, 11) is 0. The number of rotatable bonds is 0. The summed E-state index contributed by atoms with van der Waals surface area (Å²) < 4.78 is 13.2. The molecular formula is C13H17FN2. The molecule has 0 radical (unpaired) electrons. The van der Waals surface area contributed by atoms with Gasteiger partial charge in [-0.2, -0.15) is 0 Å². The van der Waals surface area contributed by atoms with Gasteiger partial charge in [-0.3, -0.25) is 0 Å². The number of hydrogen-bond acceptors (Lipinski definition) is 2. The lowest BCUT2D eigenvalue weighted by atomic mass is 9.88. The van der Waals surface area contributed by atoms with E-state index >= 15 is 0 Å². The number of aryl methyl sites for hydroxylation is 1. The molecule has 1 saturated heterocycles. The quantitative estimate of drug-likeness (QED) is 0.727. The molecule has 0 aliphatic carbocycles. The fourth-order valence-electron chi connectivity index (χ4n) is 3.10. The molecule has 0 spiro atoms. The third kappa shape index (κ3) is 1.50. The number of anilines is 1. The topological polar surface area (TPSA) is 29.3 Å². The van der Waals surface area contributed by atoms with Gasteiger partial charge in [-0.1, -0.05) is 0 Å². The normalized spacial score (nSPS) is 28.5. The van der Waals surface area contributed by atoms with Gasteiger partial charge in [0.15, 0.2) is 0 Å². The molecule has 3 rings (SSSR count). The minimum atomic E-state index is -0.136. The van der Waals surface area contributed by atoms with Crippen molar-refractivity contribution in [3.05, 3.63) is 29.6 Å². The molecule has 1 fully saturated rings. The SMILES string of the molecule is NC1CCCC2CCc3cc(F)ccc3N12. The van der Waals surface area contributed by atoms with E-state index in [4.69, 9.17) is 5.73 Å². The maximum absolute atomic E-state index is 13.2. The molecular weight excluding hydrogens is 203 g/mol. The first kappa shape index (κ1) is 10.1. The Morgan fingerprint density at radius 2 is 2.12 bits per heavy atom. The van der Waals surface area contributed by atoms with Gasteiger partial charge in [-0.25, -0.2) is 4.39 Å². The van der Waals surface area contributed by atoms with Crippen LogP contribution in [-0.4, -0.2) is 12.2 Å². The van der Waals surface area contributed by atoms with Crippen LogP contribution in [0.15, 0.2) is 18.2 Å². The van der Waals surface area contributed by atoms with Gasteiger partial charge in [-0.15, -0.1) is 0 Å². The highest BCUT2D eigenvalue weighted by molar-refractivity contribution is 5.57. The molecule has 16 heavy (non-hydrogen) atoms. The Morgan fingerprint density at radius 1 is 1.25 bits per heavy atom. The highest BCUT2D eigenvalue weighted by Crippen LogP contribution is 2.37. The summed E-state index contributed by atoms with van der Waals surface area (Å²) in [4.78, 5) is 2.31. The minimum absolute atomic E-state index is 0.114. The van der Waals surface area contributed by atoms with E-state index in [2.05, 4.69) is 4.90 Å². The molecule has 1 aromatic carbocycles. The van der Waals surface area contributed by atoms with E-state index in [1.807, 2.05) is 6.07 Å². The van der Waals surface area contributed by atoms with Crippen molar-refractivity contribution in [2.75, 3.05) is 4.90 Å². The summed E-state index contributed by atoms with van der Waals surface area (Å²) in [5.74, 6) is -0.136. The highest BCUT2D eigenvalue weighted by atomic mass is 19.1. The van der Waals surface area contributed by atoms with Gasteiger partial charge in [-0.05, 0) is 55.9 Å². The second kappa shape index (κ2) is 3.74. The molecule has 0 bridgehead atoms. The minimum Gasteiger partial charge on any atom is -0.353 e. The van der Waals surface area contributed by atoms with Gasteiger partial charge < -0.3 is 10.6 Å². The Labute approximate surface area is 95.2 Å². The van der Waals surface area contributed by atoms with Crippen molar-refractivity contribution in [3.8, 4) is 0 Å². The second-order valence-corrected chi connectivity index (χ2v) is 4.87. The molecule has 2 unspecified atom stereocenters. The third-order valence-electron chi connectivity index (χ3n) is 3.85. The third-order valence-corrected chi connectivity index (χ3v) is 3.85. The molecule has 2 nitrogen and oxygen atoms in total. The van der Waals surface area contributed by atoms with Gasteiger partial charge in [0.1, 0.15) is 5.82 Å².